The van der Waals surface area contributed by atoms with Crippen LogP contribution in [0.15, 0.2) is 48.9 Å². The van der Waals surface area contributed by atoms with Crippen molar-refractivity contribution in [2.24, 2.45) is 0 Å². The van der Waals surface area contributed by atoms with E-state index in [0.29, 0.717) is 19.4 Å². The second kappa shape index (κ2) is 8.65. The zero-order valence-electron chi connectivity index (χ0n) is 18.3. The van der Waals surface area contributed by atoms with E-state index in [0.717, 1.165) is 41.7 Å². The van der Waals surface area contributed by atoms with E-state index in [1.165, 1.54) is 4.90 Å². The molecule has 170 valence electrons. The molecule has 3 heterocycles. The second-order valence-corrected chi connectivity index (χ2v) is 8.68. The lowest BCUT2D eigenvalue weighted by Crippen LogP contribution is -2.48. The van der Waals surface area contributed by atoms with Crippen LogP contribution in [0.2, 0.25) is 0 Å². The predicted octanol–water partition coefficient (Wildman–Crippen LogP) is 2.68. The summed E-state index contributed by atoms with van der Waals surface area (Å²) in [5.41, 5.74) is 1.98. The molecule has 0 radical (unpaired) electrons. The molecule has 1 spiro atoms. The third-order valence-electron chi connectivity index (χ3n) is 6.51. The molecular formula is C24H26N6O3. The molecular weight excluding hydrogens is 420 g/mol. The van der Waals surface area contributed by atoms with E-state index in [1.807, 2.05) is 41.0 Å². The quantitative estimate of drug-likeness (QED) is 0.566. The molecule has 5 rings (SSSR count). The molecule has 2 aromatic heterocycles. The second-order valence-electron chi connectivity index (χ2n) is 8.68. The number of carbonyl (C=O) groups excluding carboxylic acids is 3. The number of imidazole rings is 1. The highest BCUT2D eigenvalue weighted by molar-refractivity contribution is 6.07. The Kier molecular flexibility index (Phi) is 5.53. The number of rotatable bonds is 6. The van der Waals surface area contributed by atoms with Crippen molar-refractivity contribution in [3.8, 4) is 5.82 Å². The van der Waals surface area contributed by atoms with Crippen LogP contribution in [0, 0.1) is 0 Å². The van der Waals surface area contributed by atoms with Crippen molar-refractivity contribution in [3.63, 3.8) is 0 Å². The van der Waals surface area contributed by atoms with Crippen LogP contribution < -0.4 is 10.6 Å². The van der Waals surface area contributed by atoms with E-state index in [9.17, 15) is 14.4 Å². The number of benzene rings is 1. The number of hydrogen-bond donors (Lipinski definition) is 2. The SMILES string of the molecule is O=C(CCN1C(=O)NC2(CCCCC2)C1=O)NCc1ccc(-n2cnc3ccccc32)nc1. The Morgan fingerprint density at radius 1 is 1.06 bits per heavy atom. The first kappa shape index (κ1) is 21.1. The number of amides is 4. The van der Waals surface area contributed by atoms with Gasteiger partial charge < -0.3 is 10.6 Å². The van der Waals surface area contributed by atoms with Gasteiger partial charge in [-0.2, -0.15) is 0 Å². The van der Waals surface area contributed by atoms with Crippen LogP contribution in [-0.2, 0) is 16.1 Å². The lowest BCUT2D eigenvalue weighted by molar-refractivity contribution is -0.132. The van der Waals surface area contributed by atoms with Gasteiger partial charge in [-0.25, -0.2) is 14.8 Å². The van der Waals surface area contributed by atoms with Crippen LogP contribution in [0.1, 0.15) is 44.1 Å². The monoisotopic (exact) mass is 446 g/mol. The van der Waals surface area contributed by atoms with Gasteiger partial charge in [-0.3, -0.25) is 19.1 Å². The fraction of sp³-hybridized carbons (Fsp3) is 0.375. The van der Waals surface area contributed by atoms with E-state index in [4.69, 9.17) is 0 Å². The zero-order chi connectivity index (χ0) is 22.8. The topological polar surface area (TPSA) is 109 Å². The number of imide groups is 1. The predicted molar refractivity (Wildman–Crippen MR) is 121 cm³/mol. The first-order chi connectivity index (χ1) is 16.1. The molecule has 1 saturated heterocycles. The van der Waals surface area contributed by atoms with Gasteiger partial charge in [0.1, 0.15) is 17.7 Å². The van der Waals surface area contributed by atoms with E-state index in [1.54, 1.807) is 12.5 Å². The molecule has 1 aromatic carbocycles. The van der Waals surface area contributed by atoms with E-state index >= 15 is 0 Å². The minimum atomic E-state index is -0.750. The molecule has 9 nitrogen and oxygen atoms in total. The Balaban J connectivity index is 1.14. The minimum absolute atomic E-state index is 0.0712. The Hall–Kier alpha value is -3.75. The number of hydrogen-bond acceptors (Lipinski definition) is 5. The molecule has 1 aliphatic heterocycles. The standard InChI is InChI=1S/C24H26N6O3/c31-21(10-13-29-22(32)24(28-23(29)33)11-4-1-5-12-24)26-15-17-8-9-20(25-14-17)30-16-27-18-6-2-3-7-19(18)30/h2-3,6-9,14,16H,1,4-5,10-13,15H2,(H,26,31)(H,28,33). The number of fused-ring (bicyclic) bond motifs is 1. The third-order valence-corrected chi connectivity index (χ3v) is 6.51. The van der Waals surface area contributed by atoms with Crippen molar-refractivity contribution in [3.05, 3.63) is 54.5 Å². The smallest absolute Gasteiger partial charge is 0.325 e. The summed E-state index contributed by atoms with van der Waals surface area (Å²) < 4.78 is 1.91. The van der Waals surface area contributed by atoms with E-state index in [2.05, 4.69) is 20.6 Å². The number of urea groups is 1. The van der Waals surface area contributed by atoms with Crippen LogP contribution in [0.25, 0.3) is 16.9 Å². The van der Waals surface area contributed by atoms with Gasteiger partial charge in [-0.15, -0.1) is 0 Å². The number of para-hydroxylation sites is 2. The van der Waals surface area contributed by atoms with Crippen LogP contribution >= 0.6 is 0 Å². The van der Waals surface area contributed by atoms with Crippen molar-refractivity contribution in [1.82, 2.24) is 30.1 Å². The van der Waals surface area contributed by atoms with E-state index in [-0.39, 0.29) is 30.8 Å². The van der Waals surface area contributed by atoms with Crippen LogP contribution in [0.4, 0.5) is 4.79 Å². The Labute approximate surface area is 191 Å². The summed E-state index contributed by atoms with van der Waals surface area (Å²) in [5, 5.41) is 5.71. The average Bonchev–Trinajstić information content (AvgIpc) is 3.36. The highest BCUT2D eigenvalue weighted by Crippen LogP contribution is 2.33. The maximum absolute atomic E-state index is 12.8. The van der Waals surface area contributed by atoms with Gasteiger partial charge in [-0.05, 0) is 36.6 Å². The molecule has 0 atom stereocenters. The Morgan fingerprint density at radius 2 is 1.88 bits per heavy atom. The summed E-state index contributed by atoms with van der Waals surface area (Å²) in [6.07, 6.45) is 7.84. The van der Waals surface area contributed by atoms with Crippen LogP contribution in [0.3, 0.4) is 0 Å². The molecule has 0 unspecified atom stereocenters. The number of nitrogens with one attached hydrogen (secondary N) is 2. The van der Waals surface area contributed by atoms with Crippen molar-refractivity contribution in [2.75, 3.05) is 6.54 Å². The summed E-state index contributed by atoms with van der Waals surface area (Å²) >= 11 is 0. The molecule has 1 saturated carbocycles. The summed E-state index contributed by atoms with van der Waals surface area (Å²) in [5.74, 6) is 0.339. The van der Waals surface area contributed by atoms with Gasteiger partial charge in [0, 0.05) is 25.7 Å². The molecule has 2 fully saturated rings. The number of pyridine rings is 1. The lowest BCUT2D eigenvalue weighted by atomic mass is 9.82. The van der Waals surface area contributed by atoms with Gasteiger partial charge in [0.2, 0.25) is 5.91 Å². The fourth-order valence-corrected chi connectivity index (χ4v) is 4.68. The normalized spacial score (nSPS) is 17.5. The number of carbonyl (C=O) groups is 3. The third kappa shape index (κ3) is 4.06. The molecule has 33 heavy (non-hydrogen) atoms. The largest absolute Gasteiger partial charge is 0.352 e. The van der Waals surface area contributed by atoms with Crippen molar-refractivity contribution in [1.29, 1.82) is 0 Å². The molecule has 2 N–H and O–H groups in total. The van der Waals surface area contributed by atoms with Gasteiger partial charge in [-0.1, -0.05) is 37.5 Å². The fourth-order valence-electron chi connectivity index (χ4n) is 4.68. The summed E-state index contributed by atoms with van der Waals surface area (Å²) in [6.45, 7) is 0.407. The minimum Gasteiger partial charge on any atom is -0.352 e. The van der Waals surface area contributed by atoms with Crippen LogP contribution in [-0.4, -0.2) is 49.4 Å². The summed E-state index contributed by atoms with van der Waals surface area (Å²) in [7, 11) is 0. The van der Waals surface area contributed by atoms with Gasteiger partial charge in [0.25, 0.3) is 5.91 Å². The Bertz CT molecular complexity index is 1200. The van der Waals surface area contributed by atoms with Crippen LogP contribution in [0.5, 0.6) is 0 Å². The average molecular weight is 447 g/mol. The zero-order valence-corrected chi connectivity index (χ0v) is 18.3. The summed E-state index contributed by atoms with van der Waals surface area (Å²) in [6, 6.07) is 11.2. The van der Waals surface area contributed by atoms with Crippen molar-refractivity contribution >= 4 is 28.9 Å². The highest BCUT2D eigenvalue weighted by atomic mass is 16.2. The molecule has 2 aliphatic rings. The first-order valence-electron chi connectivity index (χ1n) is 11.3. The Morgan fingerprint density at radius 3 is 2.67 bits per heavy atom. The molecule has 4 amide bonds. The van der Waals surface area contributed by atoms with Gasteiger partial charge in [0.05, 0.1) is 11.0 Å². The van der Waals surface area contributed by atoms with Crippen molar-refractivity contribution < 1.29 is 14.4 Å². The van der Waals surface area contributed by atoms with Gasteiger partial charge in [0.15, 0.2) is 0 Å². The molecule has 0 bridgehead atoms. The molecule has 1 aliphatic carbocycles. The molecule has 9 heteroatoms. The maximum atomic E-state index is 12.8. The first-order valence-corrected chi connectivity index (χ1v) is 11.3. The number of aromatic nitrogens is 3. The number of nitrogens with zero attached hydrogens (tertiary/aromatic N) is 4. The highest BCUT2D eigenvalue weighted by Gasteiger charge is 2.51. The lowest BCUT2D eigenvalue weighted by Gasteiger charge is -2.30. The van der Waals surface area contributed by atoms with Crippen molar-refractivity contribution in [2.45, 2.75) is 50.6 Å². The maximum Gasteiger partial charge on any atom is 0.325 e. The van der Waals surface area contributed by atoms with Gasteiger partial charge >= 0.3 is 6.03 Å². The summed E-state index contributed by atoms with van der Waals surface area (Å²) in [4.78, 5) is 47.5. The molecule has 3 aromatic rings. The van der Waals surface area contributed by atoms with E-state index < -0.39 is 5.54 Å².